The third-order valence-corrected chi connectivity index (χ3v) is 6.36. The highest BCUT2D eigenvalue weighted by Gasteiger charge is 2.40. The molecule has 1 aromatic heterocycles. The van der Waals surface area contributed by atoms with E-state index in [1.807, 2.05) is 0 Å². The number of rotatable bonds is 2. The van der Waals surface area contributed by atoms with Crippen LogP contribution in [0.15, 0.2) is 17.3 Å². The van der Waals surface area contributed by atoms with E-state index in [0.29, 0.717) is 17.4 Å². The van der Waals surface area contributed by atoms with Crippen molar-refractivity contribution in [2.75, 3.05) is 6.54 Å². The van der Waals surface area contributed by atoms with Crippen LogP contribution in [0.25, 0.3) is 0 Å². The summed E-state index contributed by atoms with van der Waals surface area (Å²) in [5, 5.41) is 3.99. The highest BCUT2D eigenvalue weighted by Crippen LogP contribution is 2.37. The summed E-state index contributed by atoms with van der Waals surface area (Å²) in [4.78, 5) is 0.334. The van der Waals surface area contributed by atoms with Crippen LogP contribution < -0.4 is 0 Å². The molecule has 1 aliphatic carbocycles. The molecule has 1 aliphatic heterocycles. The zero-order valence-corrected chi connectivity index (χ0v) is 12.1. The van der Waals surface area contributed by atoms with Crippen LogP contribution in [0.1, 0.15) is 38.5 Å². The van der Waals surface area contributed by atoms with Crippen LogP contribution in [-0.2, 0) is 17.1 Å². The fourth-order valence-electron chi connectivity index (χ4n) is 3.54. The Hall–Kier alpha value is -0.880. The molecule has 0 aromatic carbocycles. The molecule has 1 saturated carbocycles. The van der Waals surface area contributed by atoms with Crippen LogP contribution in [-0.4, -0.2) is 35.1 Å². The molecular weight excluding hydrogens is 262 g/mol. The van der Waals surface area contributed by atoms with Gasteiger partial charge in [-0.05, 0) is 31.6 Å². The lowest BCUT2D eigenvalue weighted by Crippen LogP contribution is -2.49. The van der Waals surface area contributed by atoms with Gasteiger partial charge in [0.2, 0.25) is 10.0 Å². The van der Waals surface area contributed by atoms with Crippen LogP contribution >= 0.6 is 0 Å². The van der Waals surface area contributed by atoms with Crippen LogP contribution in [0.5, 0.6) is 0 Å². The Morgan fingerprint density at radius 3 is 2.68 bits per heavy atom. The fourth-order valence-corrected chi connectivity index (χ4v) is 5.29. The normalized spacial score (nSPS) is 29.1. The van der Waals surface area contributed by atoms with E-state index in [-0.39, 0.29) is 6.04 Å². The summed E-state index contributed by atoms with van der Waals surface area (Å²) >= 11 is 0. The maximum absolute atomic E-state index is 12.7. The van der Waals surface area contributed by atoms with E-state index in [1.54, 1.807) is 22.2 Å². The summed E-state index contributed by atoms with van der Waals surface area (Å²) in [6.45, 7) is 0.665. The molecule has 1 aromatic rings. The smallest absolute Gasteiger partial charge is 0.246 e. The van der Waals surface area contributed by atoms with Crippen molar-refractivity contribution in [1.82, 2.24) is 14.1 Å². The molecule has 2 aliphatic rings. The first-order chi connectivity index (χ1) is 9.09. The number of hydrogen-bond donors (Lipinski definition) is 0. The second-order valence-electron chi connectivity index (χ2n) is 5.72. The van der Waals surface area contributed by atoms with Crippen molar-refractivity contribution in [3.8, 4) is 0 Å². The van der Waals surface area contributed by atoms with Crippen molar-refractivity contribution in [2.45, 2.75) is 49.5 Å². The molecule has 2 fully saturated rings. The molecule has 1 saturated heterocycles. The quantitative estimate of drug-likeness (QED) is 0.831. The first kappa shape index (κ1) is 13.1. The molecule has 0 amide bonds. The molecule has 0 bridgehead atoms. The molecule has 2 atom stereocenters. The van der Waals surface area contributed by atoms with Crippen molar-refractivity contribution in [2.24, 2.45) is 13.0 Å². The summed E-state index contributed by atoms with van der Waals surface area (Å²) in [6.07, 6.45) is 9.84. The van der Waals surface area contributed by atoms with Gasteiger partial charge in [-0.15, -0.1) is 0 Å². The highest BCUT2D eigenvalue weighted by molar-refractivity contribution is 7.89. The lowest BCUT2D eigenvalue weighted by molar-refractivity contribution is 0.129. The lowest BCUT2D eigenvalue weighted by Gasteiger charge is -2.42. The van der Waals surface area contributed by atoms with Crippen LogP contribution in [0.3, 0.4) is 0 Å². The number of nitrogens with zero attached hydrogens (tertiary/aromatic N) is 3. The number of sulfonamides is 1. The van der Waals surface area contributed by atoms with Crippen molar-refractivity contribution in [3.05, 3.63) is 12.4 Å². The maximum atomic E-state index is 12.7. The SMILES string of the molecule is Cn1cc(S(=O)(=O)N2CCC[C@@H]3CCCC[C@H]32)cn1. The van der Waals surface area contributed by atoms with E-state index < -0.39 is 10.0 Å². The van der Waals surface area contributed by atoms with Crippen LogP contribution in [0.4, 0.5) is 0 Å². The molecule has 0 N–H and O–H groups in total. The van der Waals surface area contributed by atoms with E-state index in [9.17, 15) is 8.42 Å². The fraction of sp³-hybridized carbons (Fsp3) is 0.769. The zero-order chi connectivity index (χ0) is 13.5. The van der Waals surface area contributed by atoms with Gasteiger partial charge >= 0.3 is 0 Å². The minimum absolute atomic E-state index is 0.215. The van der Waals surface area contributed by atoms with Crippen LogP contribution in [0.2, 0.25) is 0 Å². The van der Waals surface area contributed by atoms with Gasteiger partial charge in [0.15, 0.2) is 0 Å². The molecule has 106 valence electrons. The monoisotopic (exact) mass is 283 g/mol. The second-order valence-corrected chi connectivity index (χ2v) is 7.61. The number of hydrogen-bond acceptors (Lipinski definition) is 3. The standard InChI is InChI=1S/C13H21N3O2S/c1-15-10-12(9-14-15)19(17,18)16-8-4-6-11-5-2-3-7-13(11)16/h9-11,13H,2-8H2,1H3/t11-,13+/m0/s1. The zero-order valence-electron chi connectivity index (χ0n) is 11.3. The van der Waals surface area contributed by atoms with Crippen LogP contribution in [0, 0.1) is 5.92 Å². The molecule has 3 rings (SSSR count). The number of aromatic nitrogens is 2. The van der Waals surface area contributed by atoms with E-state index >= 15 is 0 Å². The predicted octanol–water partition coefficient (Wildman–Crippen LogP) is 1.76. The van der Waals surface area contributed by atoms with Gasteiger partial charge in [-0.3, -0.25) is 4.68 Å². The maximum Gasteiger partial charge on any atom is 0.246 e. The van der Waals surface area contributed by atoms with E-state index in [4.69, 9.17) is 0 Å². The molecule has 6 heteroatoms. The highest BCUT2D eigenvalue weighted by atomic mass is 32.2. The first-order valence-electron chi connectivity index (χ1n) is 7.09. The molecule has 0 radical (unpaired) electrons. The Balaban J connectivity index is 1.91. The topological polar surface area (TPSA) is 55.2 Å². The predicted molar refractivity (Wildman–Crippen MR) is 72.1 cm³/mol. The average Bonchev–Trinajstić information content (AvgIpc) is 2.85. The Morgan fingerprint density at radius 1 is 1.21 bits per heavy atom. The minimum atomic E-state index is -3.36. The number of aryl methyl sites for hydroxylation is 1. The second kappa shape index (κ2) is 4.90. The minimum Gasteiger partial charge on any atom is -0.274 e. The lowest BCUT2D eigenvalue weighted by atomic mass is 9.79. The summed E-state index contributed by atoms with van der Waals surface area (Å²) in [7, 11) is -1.61. The van der Waals surface area contributed by atoms with Gasteiger partial charge in [0, 0.05) is 25.8 Å². The number of fused-ring (bicyclic) bond motifs is 1. The average molecular weight is 283 g/mol. The Kier molecular flexibility index (Phi) is 3.39. The summed E-state index contributed by atoms with van der Waals surface area (Å²) in [5.74, 6) is 0.564. The number of piperidine rings is 1. The van der Waals surface area contributed by atoms with Crippen molar-refractivity contribution < 1.29 is 8.42 Å². The van der Waals surface area contributed by atoms with Gasteiger partial charge in [0.1, 0.15) is 4.90 Å². The third kappa shape index (κ3) is 2.31. The largest absolute Gasteiger partial charge is 0.274 e. The van der Waals surface area contributed by atoms with E-state index in [1.165, 1.54) is 25.5 Å². The molecule has 0 spiro atoms. The first-order valence-corrected chi connectivity index (χ1v) is 8.53. The Labute approximate surface area is 114 Å². The Morgan fingerprint density at radius 2 is 1.95 bits per heavy atom. The van der Waals surface area contributed by atoms with Gasteiger partial charge in [-0.2, -0.15) is 9.40 Å². The van der Waals surface area contributed by atoms with E-state index in [2.05, 4.69) is 5.10 Å². The molecule has 19 heavy (non-hydrogen) atoms. The van der Waals surface area contributed by atoms with Crippen molar-refractivity contribution >= 4 is 10.0 Å². The molecule has 0 unspecified atom stereocenters. The van der Waals surface area contributed by atoms with Gasteiger partial charge in [0.25, 0.3) is 0 Å². The summed E-state index contributed by atoms with van der Waals surface area (Å²) < 4.78 is 28.8. The molecule has 5 nitrogen and oxygen atoms in total. The summed E-state index contributed by atoms with van der Waals surface area (Å²) in [6, 6.07) is 0.215. The van der Waals surface area contributed by atoms with E-state index in [0.717, 1.165) is 19.3 Å². The van der Waals surface area contributed by atoms with Gasteiger partial charge in [-0.25, -0.2) is 8.42 Å². The van der Waals surface area contributed by atoms with Gasteiger partial charge in [0.05, 0.1) is 6.20 Å². The van der Waals surface area contributed by atoms with Gasteiger partial charge in [-0.1, -0.05) is 12.8 Å². The molecular formula is C13H21N3O2S. The third-order valence-electron chi connectivity index (χ3n) is 4.48. The Bertz CT molecular complexity index is 550. The summed E-state index contributed by atoms with van der Waals surface area (Å²) in [5.41, 5.74) is 0. The van der Waals surface area contributed by atoms with Crippen molar-refractivity contribution in [3.63, 3.8) is 0 Å². The van der Waals surface area contributed by atoms with Crippen molar-refractivity contribution in [1.29, 1.82) is 0 Å². The molecule has 2 heterocycles. The van der Waals surface area contributed by atoms with Gasteiger partial charge < -0.3 is 0 Å².